The lowest BCUT2D eigenvalue weighted by Gasteiger charge is -2.34. The van der Waals surface area contributed by atoms with Gasteiger partial charge in [0.2, 0.25) is 5.95 Å². The van der Waals surface area contributed by atoms with Crippen LogP contribution in [0.25, 0.3) is 0 Å². The van der Waals surface area contributed by atoms with Crippen LogP contribution in [0, 0.1) is 0 Å². The zero-order chi connectivity index (χ0) is 13.7. The Hall–Kier alpha value is -1.40. The highest BCUT2D eigenvalue weighted by Crippen LogP contribution is 2.12. The van der Waals surface area contributed by atoms with Crippen molar-refractivity contribution in [1.29, 1.82) is 0 Å². The van der Waals surface area contributed by atoms with Crippen molar-refractivity contribution in [3.8, 4) is 0 Å². The molecule has 0 unspecified atom stereocenters. The lowest BCUT2D eigenvalue weighted by Crippen LogP contribution is -2.47. The molecule has 0 aromatic carbocycles. The van der Waals surface area contributed by atoms with Crippen molar-refractivity contribution in [2.24, 2.45) is 0 Å². The first-order chi connectivity index (χ1) is 9.19. The lowest BCUT2D eigenvalue weighted by atomic mass is 10.3. The summed E-state index contributed by atoms with van der Waals surface area (Å²) < 4.78 is 4.63. The predicted molar refractivity (Wildman–Crippen MR) is 72.3 cm³/mol. The van der Waals surface area contributed by atoms with Gasteiger partial charge in [-0.3, -0.25) is 9.69 Å². The highest BCUT2D eigenvalue weighted by Gasteiger charge is 2.19. The molecule has 1 aliphatic rings. The number of carbonyl (C=O) groups excluding carboxylic acids is 1. The van der Waals surface area contributed by atoms with Gasteiger partial charge in [-0.05, 0) is 0 Å². The fourth-order valence-corrected chi connectivity index (χ4v) is 2.09. The first-order valence-electron chi connectivity index (χ1n) is 6.20. The Morgan fingerprint density at radius 2 is 1.95 bits per heavy atom. The van der Waals surface area contributed by atoms with Crippen LogP contribution in [0.3, 0.4) is 0 Å². The maximum absolute atomic E-state index is 11.1. The van der Waals surface area contributed by atoms with E-state index in [-0.39, 0.29) is 5.97 Å². The smallest absolute Gasteiger partial charge is 0.306 e. The summed E-state index contributed by atoms with van der Waals surface area (Å²) in [5, 5.41) is 0.542. The molecule has 7 heteroatoms. The summed E-state index contributed by atoms with van der Waals surface area (Å²) in [6.07, 6.45) is 3.65. The summed E-state index contributed by atoms with van der Waals surface area (Å²) in [4.78, 5) is 23.8. The molecule has 0 bridgehead atoms. The van der Waals surface area contributed by atoms with Crippen molar-refractivity contribution in [3.63, 3.8) is 0 Å². The molecule has 0 radical (unpaired) electrons. The van der Waals surface area contributed by atoms with Gasteiger partial charge in [0.05, 0.1) is 30.9 Å². The topological polar surface area (TPSA) is 58.6 Å². The van der Waals surface area contributed by atoms with E-state index in [2.05, 4.69) is 24.5 Å². The summed E-state index contributed by atoms with van der Waals surface area (Å²) in [5.74, 6) is 0.542. The van der Waals surface area contributed by atoms with E-state index in [0.717, 1.165) is 32.7 Å². The standard InChI is InChI=1S/C12H17ClN4O2/c1-19-11(18)2-3-16-4-6-17(7-5-16)12-14-8-10(13)9-15-12/h8-9H,2-7H2,1H3. The highest BCUT2D eigenvalue weighted by molar-refractivity contribution is 6.30. The number of nitrogens with zero attached hydrogens (tertiary/aromatic N) is 4. The summed E-state index contributed by atoms with van der Waals surface area (Å²) in [6.45, 7) is 4.22. The number of hydrogen-bond acceptors (Lipinski definition) is 6. The average molecular weight is 285 g/mol. The fourth-order valence-electron chi connectivity index (χ4n) is 1.99. The van der Waals surface area contributed by atoms with Crippen LogP contribution in [-0.4, -0.2) is 60.7 Å². The van der Waals surface area contributed by atoms with Crippen LogP contribution in [0.2, 0.25) is 5.02 Å². The molecule has 0 aliphatic carbocycles. The summed E-state index contributed by atoms with van der Waals surface area (Å²) in [5.41, 5.74) is 0. The van der Waals surface area contributed by atoms with Gasteiger partial charge in [0.1, 0.15) is 0 Å². The van der Waals surface area contributed by atoms with Gasteiger partial charge in [0.25, 0.3) is 0 Å². The zero-order valence-corrected chi connectivity index (χ0v) is 11.6. The van der Waals surface area contributed by atoms with Crippen molar-refractivity contribution in [3.05, 3.63) is 17.4 Å². The van der Waals surface area contributed by atoms with Gasteiger partial charge in [-0.25, -0.2) is 9.97 Å². The quantitative estimate of drug-likeness (QED) is 0.763. The molecule has 1 aromatic heterocycles. The Bertz CT molecular complexity index is 418. The van der Waals surface area contributed by atoms with E-state index in [4.69, 9.17) is 11.6 Å². The van der Waals surface area contributed by atoms with Crippen molar-refractivity contribution in [2.45, 2.75) is 6.42 Å². The number of rotatable bonds is 4. The maximum Gasteiger partial charge on any atom is 0.306 e. The van der Waals surface area contributed by atoms with E-state index in [1.807, 2.05) is 0 Å². The van der Waals surface area contributed by atoms with Crippen molar-refractivity contribution in [2.75, 3.05) is 44.7 Å². The van der Waals surface area contributed by atoms with Gasteiger partial charge in [-0.15, -0.1) is 0 Å². The van der Waals surface area contributed by atoms with Crippen molar-refractivity contribution >= 4 is 23.5 Å². The third kappa shape index (κ3) is 4.04. The number of ether oxygens (including phenoxy) is 1. The molecule has 0 saturated carbocycles. The van der Waals surface area contributed by atoms with Crippen LogP contribution >= 0.6 is 11.6 Å². The summed E-state index contributed by atoms with van der Waals surface area (Å²) in [7, 11) is 1.41. The number of aromatic nitrogens is 2. The predicted octanol–water partition coefficient (Wildman–Crippen LogP) is 0.815. The third-order valence-corrected chi connectivity index (χ3v) is 3.32. The van der Waals surface area contributed by atoms with E-state index in [1.165, 1.54) is 7.11 Å². The minimum absolute atomic E-state index is 0.163. The maximum atomic E-state index is 11.1. The number of esters is 1. The van der Waals surface area contributed by atoms with Crippen LogP contribution in [0.1, 0.15) is 6.42 Å². The van der Waals surface area contributed by atoms with E-state index < -0.39 is 0 Å². The second-order valence-corrected chi connectivity index (χ2v) is 4.79. The highest BCUT2D eigenvalue weighted by atomic mass is 35.5. The van der Waals surface area contributed by atoms with Crippen LogP contribution in [0.4, 0.5) is 5.95 Å². The van der Waals surface area contributed by atoms with Gasteiger partial charge in [0.15, 0.2) is 0 Å². The van der Waals surface area contributed by atoms with Crippen LogP contribution in [0.5, 0.6) is 0 Å². The molecular weight excluding hydrogens is 268 g/mol. The minimum atomic E-state index is -0.163. The van der Waals surface area contributed by atoms with Gasteiger partial charge in [-0.2, -0.15) is 0 Å². The largest absolute Gasteiger partial charge is 0.469 e. The Balaban J connectivity index is 1.79. The van der Waals surface area contributed by atoms with E-state index in [1.54, 1.807) is 12.4 Å². The second kappa shape index (κ2) is 6.68. The molecule has 2 rings (SSSR count). The monoisotopic (exact) mass is 284 g/mol. The van der Waals surface area contributed by atoms with Crippen LogP contribution in [0.15, 0.2) is 12.4 Å². The van der Waals surface area contributed by atoms with Crippen LogP contribution < -0.4 is 4.90 Å². The summed E-state index contributed by atoms with van der Waals surface area (Å²) in [6, 6.07) is 0. The molecule has 1 saturated heterocycles. The van der Waals surface area contributed by atoms with Crippen LogP contribution in [-0.2, 0) is 9.53 Å². The van der Waals surface area contributed by atoms with Gasteiger partial charge in [0, 0.05) is 32.7 Å². The molecule has 19 heavy (non-hydrogen) atoms. The third-order valence-electron chi connectivity index (χ3n) is 3.12. The van der Waals surface area contributed by atoms with E-state index in [9.17, 15) is 4.79 Å². The molecule has 0 spiro atoms. The van der Waals surface area contributed by atoms with Crippen molar-refractivity contribution in [1.82, 2.24) is 14.9 Å². The summed E-state index contributed by atoms with van der Waals surface area (Å²) >= 11 is 5.76. The Labute approximate surface area is 117 Å². The Kier molecular flexibility index (Phi) is 4.93. The molecule has 1 aliphatic heterocycles. The molecule has 0 N–H and O–H groups in total. The van der Waals surface area contributed by atoms with Gasteiger partial charge in [-0.1, -0.05) is 11.6 Å². The number of anilines is 1. The Morgan fingerprint density at radius 1 is 1.32 bits per heavy atom. The zero-order valence-electron chi connectivity index (χ0n) is 10.9. The Morgan fingerprint density at radius 3 is 2.53 bits per heavy atom. The number of halogens is 1. The molecule has 1 fully saturated rings. The van der Waals surface area contributed by atoms with E-state index in [0.29, 0.717) is 17.4 Å². The number of hydrogen-bond donors (Lipinski definition) is 0. The minimum Gasteiger partial charge on any atom is -0.469 e. The molecule has 2 heterocycles. The van der Waals surface area contributed by atoms with Gasteiger partial charge < -0.3 is 9.64 Å². The molecule has 104 valence electrons. The first kappa shape index (κ1) is 14.0. The van der Waals surface area contributed by atoms with E-state index >= 15 is 0 Å². The SMILES string of the molecule is COC(=O)CCN1CCN(c2ncc(Cl)cn2)CC1. The molecule has 1 aromatic rings. The normalized spacial score (nSPS) is 16.4. The van der Waals surface area contributed by atoms with Crippen molar-refractivity contribution < 1.29 is 9.53 Å². The fraction of sp³-hybridized carbons (Fsp3) is 0.583. The number of piperazine rings is 1. The molecule has 0 amide bonds. The lowest BCUT2D eigenvalue weighted by molar-refractivity contribution is -0.141. The second-order valence-electron chi connectivity index (χ2n) is 4.36. The first-order valence-corrected chi connectivity index (χ1v) is 6.58. The number of carbonyl (C=O) groups is 1. The molecule has 6 nitrogen and oxygen atoms in total. The molecular formula is C12H17ClN4O2. The average Bonchev–Trinajstić information content (AvgIpc) is 2.46. The molecule has 0 atom stereocenters. The number of methoxy groups -OCH3 is 1. The van der Waals surface area contributed by atoms with Gasteiger partial charge >= 0.3 is 5.97 Å².